The summed E-state index contributed by atoms with van der Waals surface area (Å²) in [5.74, 6) is 1.53. The average molecular weight is 295 g/mol. The molecule has 5 nitrogen and oxygen atoms in total. The van der Waals surface area contributed by atoms with Crippen LogP contribution < -0.4 is 15.8 Å². The third kappa shape index (κ3) is 2.76. The van der Waals surface area contributed by atoms with Crippen molar-refractivity contribution in [1.29, 1.82) is 0 Å². The molecule has 0 bridgehead atoms. The van der Waals surface area contributed by atoms with Gasteiger partial charge in [-0.2, -0.15) is 0 Å². The molecule has 4 N–H and O–H groups in total. The van der Waals surface area contributed by atoms with Crippen LogP contribution in [0.1, 0.15) is 25.7 Å². The molecule has 1 aromatic rings. The maximum atomic E-state index is 11.7. The van der Waals surface area contributed by atoms with Crippen LogP contribution in [-0.2, 0) is 10.0 Å². The zero-order valence-electron chi connectivity index (χ0n) is 11.6. The first-order chi connectivity index (χ1) is 9.51. The maximum Gasteiger partial charge on any atom is 0.240 e. The Balaban J connectivity index is 1.80. The topological polar surface area (TPSA) is 84.2 Å². The van der Waals surface area contributed by atoms with E-state index in [9.17, 15) is 8.42 Å². The second kappa shape index (κ2) is 4.93. The van der Waals surface area contributed by atoms with Crippen LogP contribution in [0.5, 0.6) is 0 Å². The van der Waals surface area contributed by atoms with Gasteiger partial charge in [-0.15, -0.1) is 0 Å². The molecule has 0 saturated heterocycles. The second-order valence-electron chi connectivity index (χ2n) is 5.80. The van der Waals surface area contributed by atoms with Gasteiger partial charge in [-0.1, -0.05) is 0 Å². The van der Waals surface area contributed by atoms with Gasteiger partial charge in [-0.3, -0.25) is 0 Å². The number of nitrogens with one attached hydrogen (secondary N) is 2. The number of nitrogen functional groups attached to an aromatic ring is 1. The van der Waals surface area contributed by atoms with E-state index in [1.807, 2.05) is 0 Å². The van der Waals surface area contributed by atoms with Crippen molar-refractivity contribution in [2.24, 2.45) is 11.8 Å². The first-order valence-corrected chi connectivity index (χ1v) is 8.59. The van der Waals surface area contributed by atoms with Crippen LogP contribution >= 0.6 is 0 Å². The summed E-state index contributed by atoms with van der Waals surface area (Å²) in [6.07, 6.45) is 5.17. The molecule has 20 heavy (non-hydrogen) atoms. The molecule has 0 amide bonds. The van der Waals surface area contributed by atoms with E-state index in [0.717, 1.165) is 17.5 Å². The van der Waals surface area contributed by atoms with Crippen molar-refractivity contribution < 1.29 is 8.42 Å². The van der Waals surface area contributed by atoms with Crippen molar-refractivity contribution >= 4 is 21.4 Å². The number of benzene rings is 1. The SMILES string of the molecule is CNS(=O)(=O)c1ccc(NC(C2CC2)C2CC2)c(N)c1. The van der Waals surface area contributed by atoms with Gasteiger partial charge in [0.2, 0.25) is 10.0 Å². The van der Waals surface area contributed by atoms with Crippen molar-refractivity contribution in [3.8, 4) is 0 Å². The van der Waals surface area contributed by atoms with E-state index in [1.165, 1.54) is 38.8 Å². The van der Waals surface area contributed by atoms with Crippen molar-refractivity contribution in [3.63, 3.8) is 0 Å². The number of hydrogen-bond donors (Lipinski definition) is 3. The Morgan fingerprint density at radius 3 is 2.25 bits per heavy atom. The van der Waals surface area contributed by atoms with E-state index in [4.69, 9.17) is 5.73 Å². The summed E-state index contributed by atoms with van der Waals surface area (Å²) in [7, 11) is -2.03. The van der Waals surface area contributed by atoms with Crippen molar-refractivity contribution in [3.05, 3.63) is 18.2 Å². The molecule has 0 heterocycles. The molecule has 0 aliphatic heterocycles. The van der Waals surface area contributed by atoms with Crippen LogP contribution in [0.2, 0.25) is 0 Å². The summed E-state index contributed by atoms with van der Waals surface area (Å²) < 4.78 is 25.8. The summed E-state index contributed by atoms with van der Waals surface area (Å²) >= 11 is 0. The molecule has 2 aliphatic carbocycles. The molecule has 0 radical (unpaired) electrons. The summed E-state index contributed by atoms with van der Waals surface area (Å²) in [4.78, 5) is 0.206. The Kier molecular flexibility index (Phi) is 3.38. The van der Waals surface area contributed by atoms with Crippen LogP contribution in [0.4, 0.5) is 11.4 Å². The fourth-order valence-electron chi connectivity index (χ4n) is 2.67. The zero-order valence-corrected chi connectivity index (χ0v) is 12.4. The second-order valence-corrected chi connectivity index (χ2v) is 7.69. The van der Waals surface area contributed by atoms with Crippen molar-refractivity contribution in [1.82, 2.24) is 4.72 Å². The lowest BCUT2D eigenvalue weighted by Crippen LogP contribution is -2.25. The standard InChI is InChI=1S/C14H21N3O2S/c1-16-20(18,19)11-6-7-13(12(15)8-11)17-14(9-2-3-9)10-4-5-10/h6-10,14,16-17H,2-5,15H2,1H3. The Labute approximate surface area is 120 Å². The molecular weight excluding hydrogens is 274 g/mol. The van der Waals surface area contributed by atoms with Crippen LogP contribution in [0, 0.1) is 11.8 Å². The monoisotopic (exact) mass is 295 g/mol. The number of sulfonamides is 1. The Morgan fingerprint density at radius 2 is 1.80 bits per heavy atom. The molecule has 110 valence electrons. The highest BCUT2D eigenvalue weighted by atomic mass is 32.2. The Hall–Kier alpha value is -1.27. The van der Waals surface area contributed by atoms with Crippen molar-refractivity contribution in [2.75, 3.05) is 18.1 Å². The van der Waals surface area contributed by atoms with Gasteiger partial charge in [0, 0.05) is 6.04 Å². The smallest absolute Gasteiger partial charge is 0.240 e. The van der Waals surface area contributed by atoms with Crippen LogP contribution in [0.15, 0.2) is 23.1 Å². The third-order valence-corrected chi connectivity index (χ3v) is 5.60. The van der Waals surface area contributed by atoms with Crippen LogP contribution in [0.25, 0.3) is 0 Å². The average Bonchev–Trinajstić information content (AvgIpc) is 3.28. The van der Waals surface area contributed by atoms with E-state index in [0.29, 0.717) is 11.7 Å². The predicted molar refractivity (Wildman–Crippen MR) is 80.0 cm³/mol. The highest BCUT2D eigenvalue weighted by molar-refractivity contribution is 7.89. The minimum absolute atomic E-state index is 0.206. The lowest BCUT2D eigenvalue weighted by molar-refractivity contribution is 0.568. The molecule has 2 fully saturated rings. The minimum atomic E-state index is -3.43. The molecule has 2 saturated carbocycles. The molecular formula is C14H21N3O2S. The molecule has 0 aromatic heterocycles. The first kappa shape index (κ1) is 13.7. The van der Waals surface area contributed by atoms with E-state index in [1.54, 1.807) is 12.1 Å². The van der Waals surface area contributed by atoms with E-state index in [-0.39, 0.29) is 4.90 Å². The molecule has 1 aromatic carbocycles. The Morgan fingerprint density at radius 1 is 1.20 bits per heavy atom. The van der Waals surface area contributed by atoms with Crippen LogP contribution in [0.3, 0.4) is 0 Å². The van der Waals surface area contributed by atoms with Crippen molar-refractivity contribution in [2.45, 2.75) is 36.6 Å². The van der Waals surface area contributed by atoms with Gasteiger partial charge in [0.25, 0.3) is 0 Å². The number of anilines is 2. The van der Waals surface area contributed by atoms with Gasteiger partial charge in [-0.05, 0) is 62.8 Å². The maximum absolute atomic E-state index is 11.7. The molecule has 0 unspecified atom stereocenters. The van der Waals surface area contributed by atoms with Gasteiger partial charge in [0.15, 0.2) is 0 Å². The largest absolute Gasteiger partial charge is 0.397 e. The van der Waals surface area contributed by atoms with Gasteiger partial charge < -0.3 is 11.1 Å². The van der Waals surface area contributed by atoms with Crippen LogP contribution in [-0.4, -0.2) is 21.5 Å². The Bertz CT molecular complexity index is 595. The molecule has 0 atom stereocenters. The summed E-state index contributed by atoms with van der Waals surface area (Å²) in [6.45, 7) is 0. The highest BCUT2D eigenvalue weighted by Gasteiger charge is 2.41. The lowest BCUT2D eigenvalue weighted by atomic mass is 10.1. The molecule has 6 heteroatoms. The fourth-order valence-corrected chi connectivity index (χ4v) is 3.43. The fraction of sp³-hybridized carbons (Fsp3) is 0.571. The summed E-state index contributed by atoms with van der Waals surface area (Å²) in [5, 5.41) is 3.53. The summed E-state index contributed by atoms with van der Waals surface area (Å²) in [5.41, 5.74) is 7.35. The molecule has 0 spiro atoms. The van der Waals surface area contributed by atoms with E-state index in [2.05, 4.69) is 10.0 Å². The number of nitrogens with two attached hydrogens (primary N) is 1. The van der Waals surface area contributed by atoms with E-state index >= 15 is 0 Å². The molecule has 3 rings (SSSR count). The minimum Gasteiger partial charge on any atom is -0.397 e. The first-order valence-electron chi connectivity index (χ1n) is 7.11. The van der Waals surface area contributed by atoms with Gasteiger partial charge in [0.05, 0.1) is 16.3 Å². The highest BCUT2D eigenvalue weighted by Crippen LogP contribution is 2.46. The summed E-state index contributed by atoms with van der Waals surface area (Å²) in [6, 6.07) is 5.40. The quantitative estimate of drug-likeness (QED) is 0.698. The van der Waals surface area contributed by atoms with Gasteiger partial charge in [-0.25, -0.2) is 13.1 Å². The normalized spacial score (nSPS) is 19.3. The number of rotatable bonds is 6. The van der Waals surface area contributed by atoms with Gasteiger partial charge in [0.1, 0.15) is 0 Å². The lowest BCUT2D eigenvalue weighted by Gasteiger charge is -2.20. The molecule has 2 aliphatic rings. The third-order valence-electron chi connectivity index (χ3n) is 4.18. The van der Waals surface area contributed by atoms with Gasteiger partial charge >= 0.3 is 0 Å². The zero-order chi connectivity index (χ0) is 14.3. The number of hydrogen-bond acceptors (Lipinski definition) is 4. The van der Waals surface area contributed by atoms with E-state index < -0.39 is 10.0 Å². The predicted octanol–water partition coefficient (Wildman–Crippen LogP) is 1.78.